The summed E-state index contributed by atoms with van der Waals surface area (Å²) in [5.41, 5.74) is -0.219. The third kappa shape index (κ3) is 3.85. The van der Waals surface area contributed by atoms with Gasteiger partial charge in [-0.3, -0.25) is 4.79 Å². The number of piperidine rings is 1. The number of thioether (sulfide) groups is 1. The molecular weight excluding hydrogens is 360 g/mol. The second kappa shape index (κ2) is 8.66. The van der Waals surface area contributed by atoms with Crippen molar-refractivity contribution in [2.24, 2.45) is 0 Å². The molecule has 3 aliphatic rings. The van der Waals surface area contributed by atoms with Gasteiger partial charge < -0.3 is 9.80 Å². The van der Waals surface area contributed by atoms with Crippen molar-refractivity contribution in [1.29, 1.82) is 0 Å². The summed E-state index contributed by atoms with van der Waals surface area (Å²) in [6.45, 7) is 4.48. The number of hydrogen-bond donors (Lipinski definition) is 0. The van der Waals surface area contributed by atoms with E-state index >= 15 is 0 Å². The zero-order valence-electron chi connectivity index (χ0n) is 15.8. The van der Waals surface area contributed by atoms with Gasteiger partial charge in [0.05, 0.1) is 11.5 Å². The third-order valence-corrected chi connectivity index (χ3v) is 8.75. The predicted molar refractivity (Wildman–Crippen MR) is 112 cm³/mol. The van der Waals surface area contributed by atoms with Crippen LogP contribution in [0.4, 0.5) is 0 Å². The summed E-state index contributed by atoms with van der Waals surface area (Å²) < 4.78 is 0. The molecule has 0 N–H and O–H groups in total. The fraction of sp³-hybridized carbons (Fsp3) is 0.762. The first-order valence-corrected chi connectivity index (χ1v) is 12.5. The lowest BCUT2D eigenvalue weighted by Gasteiger charge is -2.40. The van der Waals surface area contributed by atoms with Gasteiger partial charge in [0.1, 0.15) is 0 Å². The second-order valence-electron chi connectivity index (χ2n) is 8.21. The van der Waals surface area contributed by atoms with Gasteiger partial charge in [-0.1, -0.05) is 25.3 Å². The van der Waals surface area contributed by atoms with Crippen molar-refractivity contribution in [3.05, 3.63) is 22.4 Å². The molecule has 1 atom stereocenters. The van der Waals surface area contributed by atoms with E-state index in [-0.39, 0.29) is 5.41 Å². The number of carbonyl (C=O) groups is 1. The minimum Gasteiger partial charge on any atom is -0.337 e. The van der Waals surface area contributed by atoms with Crippen LogP contribution in [-0.4, -0.2) is 59.4 Å². The van der Waals surface area contributed by atoms with Crippen molar-refractivity contribution in [2.75, 3.05) is 37.7 Å². The highest BCUT2D eigenvalue weighted by Gasteiger charge is 2.47. The van der Waals surface area contributed by atoms with E-state index in [1.807, 2.05) is 0 Å². The smallest absolute Gasteiger partial charge is 0.234 e. The Morgan fingerprint density at radius 2 is 1.88 bits per heavy atom. The quantitative estimate of drug-likeness (QED) is 0.760. The van der Waals surface area contributed by atoms with E-state index in [1.54, 1.807) is 11.3 Å². The van der Waals surface area contributed by atoms with Crippen LogP contribution >= 0.6 is 23.1 Å². The Bertz CT molecular complexity index is 577. The average molecular weight is 393 g/mol. The Hall–Kier alpha value is -0.520. The lowest BCUT2D eigenvalue weighted by Crippen LogP contribution is -2.54. The van der Waals surface area contributed by atoms with Gasteiger partial charge in [0.25, 0.3) is 0 Å². The molecule has 144 valence electrons. The summed E-state index contributed by atoms with van der Waals surface area (Å²) in [5.74, 6) is 2.76. The molecule has 1 aliphatic carbocycles. The molecule has 1 saturated carbocycles. The van der Waals surface area contributed by atoms with E-state index in [9.17, 15) is 4.79 Å². The minimum absolute atomic E-state index is 0.219. The molecular formula is C21H32N2OS2. The van der Waals surface area contributed by atoms with Gasteiger partial charge in [-0.15, -0.1) is 11.3 Å². The van der Waals surface area contributed by atoms with E-state index in [0.29, 0.717) is 11.9 Å². The molecule has 0 aromatic carbocycles. The van der Waals surface area contributed by atoms with E-state index in [0.717, 1.165) is 38.1 Å². The average Bonchev–Trinajstić information content (AvgIpc) is 3.32. The van der Waals surface area contributed by atoms with Gasteiger partial charge in [0.2, 0.25) is 5.91 Å². The lowest BCUT2D eigenvalue weighted by atomic mass is 9.82. The molecule has 1 unspecified atom stereocenters. The highest BCUT2D eigenvalue weighted by Crippen LogP contribution is 2.45. The van der Waals surface area contributed by atoms with Gasteiger partial charge in [0, 0.05) is 23.7 Å². The van der Waals surface area contributed by atoms with E-state index in [1.165, 1.54) is 55.8 Å². The van der Waals surface area contributed by atoms with E-state index < -0.39 is 0 Å². The number of carbonyl (C=O) groups excluding carboxylic acids is 1. The van der Waals surface area contributed by atoms with Crippen LogP contribution in [0.25, 0.3) is 0 Å². The summed E-state index contributed by atoms with van der Waals surface area (Å²) in [5, 5.41) is 2.15. The summed E-state index contributed by atoms with van der Waals surface area (Å²) in [4.78, 5) is 20.2. The molecule has 3 heterocycles. The molecule has 1 aromatic rings. The molecule has 2 aliphatic heterocycles. The molecule has 2 saturated heterocycles. The molecule has 1 amide bonds. The third-order valence-electron chi connectivity index (χ3n) is 6.48. The Balaban J connectivity index is 1.56. The first-order valence-electron chi connectivity index (χ1n) is 10.4. The lowest BCUT2D eigenvalue weighted by molar-refractivity contribution is -0.139. The second-order valence-corrected chi connectivity index (χ2v) is 10.3. The predicted octanol–water partition coefficient (Wildman–Crippen LogP) is 4.38. The molecule has 3 fully saturated rings. The van der Waals surface area contributed by atoms with Crippen LogP contribution < -0.4 is 0 Å². The number of hydrogen-bond acceptors (Lipinski definition) is 4. The molecule has 1 aromatic heterocycles. The van der Waals surface area contributed by atoms with Crippen molar-refractivity contribution in [3.63, 3.8) is 0 Å². The Labute approximate surface area is 166 Å². The van der Waals surface area contributed by atoms with Crippen LogP contribution in [0.5, 0.6) is 0 Å². The van der Waals surface area contributed by atoms with E-state index in [4.69, 9.17) is 0 Å². The standard InChI is InChI=1S/C21H32N2OS2/c24-20(21(9-2-3-10-21)19-8-6-15-26-19)23-13-7-14-25-17-18(23)16-22-11-4-1-5-12-22/h6,8,15,18H,1-5,7,9-14,16-17H2. The molecule has 4 rings (SSSR count). The summed E-state index contributed by atoms with van der Waals surface area (Å²) in [6.07, 6.45) is 9.66. The molecule has 26 heavy (non-hydrogen) atoms. The number of nitrogens with zero attached hydrogens (tertiary/aromatic N) is 2. The number of likely N-dealkylation sites (tertiary alicyclic amines) is 1. The molecule has 5 heteroatoms. The SMILES string of the molecule is O=C(N1CCCSCC1CN1CCCCC1)C1(c2cccs2)CCCC1. The fourth-order valence-electron chi connectivity index (χ4n) is 5.06. The van der Waals surface area contributed by atoms with Gasteiger partial charge in [-0.2, -0.15) is 11.8 Å². The van der Waals surface area contributed by atoms with Crippen LogP contribution in [0, 0.1) is 0 Å². The van der Waals surface area contributed by atoms with Gasteiger partial charge >= 0.3 is 0 Å². The molecule has 3 nitrogen and oxygen atoms in total. The monoisotopic (exact) mass is 392 g/mol. The molecule has 0 radical (unpaired) electrons. The fourth-order valence-corrected chi connectivity index (χ4v) is 7.09. The summed E-state index contributed by atoms with van der Waals surface area (Å²) >= 11 is 3.84. The van der Waals surface area contributed by atoms with Crippen molar-refractivity contribution >= 4 is 29.0 Å². The summed E-state index contributed by atoms with van der Waals surface area (Å²) in [6, 6.07) is 4.72. The maximum atomic E-state index is 13.9. The van der Waals surface area contributed by atoms with Crippen LogP contribution in [-0.2, 0) is 10.2 Å². The normalized spacial score (nSPS) is 27.4. The Morgan fingerprint density at radius 1 is 1.08 bits per heavy atom. The van der Waals surface area contributed by atoms with Crippen LogP contribution in [0.15, 0.2) is 17.5 Å². The van der Waals surface area contributed by atoms with Gasteiger partial charge in [-0.05, 0) is 62.4 Å². The minimum atomic E-state index is -0.219. The van der Waals surface area contributed by atoms with Gasteiger partial charge in [-0.25, -0.2) is 0 Å². The summed E-state index contributed by atoms with van der Waals surface area (Å²) in [7, 11) is 0. The molecule has 0 spiro atoms. The topological polar surface area (TPSA) is 23.6 Å². The van der Waals surface area contributed by atoms with Crippen molar-refractivity contribution < 1.29 is 4.79 Å². The van der Waals surface area contributed by atoms with Crippen LogP contribution in [0.3, 0.4) is 0 Å². The van der Waals surface area contributed by atoms with Crippen LogP contribution in [0.1, 0.15) is 56.2 Å². The first kappa shape index (κ1) is 18.8. The number of rotatable bonds is 4. The van der Waals surface area contributed by atoms with Crippen molar-refractivity contribution in [1.82, 2.24) is 9.80 Å². The molecule has 0 bridgehead atoms. The highest BCUT2D eigenvalue weighted by atomic mass is 32.2. The number of thiophene rings is 1. The largest absolute Gasteiger partial charge is 0.337 e. The van der Waals surface area contributed by atoms with Gasteiger partial charge in [0.15, 0.2) is 0 Å². The highest BCUT2D eigenvalue weighted by molar-refractivity contribution is 7.99. The van der Waals surface area contributed by atoms with E-state index in [2.05, 4.69) is 39.1 Å². The zero-order valence-corrected chi connectivity index (χ0v) is 17.5. The van der Waals surface area contributed by atoms with Crippen LogP contribution in [0.2, 0.25) is 0 Å². The van der Waals surface area contributed by atoms with Crippen molar-refractivity contribution in [2.45, 2.75) is 62.8 Å². The Morgan fingerprint density at radius 3 is 2.62 bits per heavy atom. The maximum absolute atomic E-state index is 13.9. The number of amides is 1. The zero-order chi connectivity index (χ0) is 17.8. The Kier molecular flexibility index (Phi) is 6.27. The maximum Gasteiger partial charge on any atom is 0.234 e. The first-order chi connectivity index (χ1) is 12.8. The van der Waals surface area contributed by atoms with Crippen molar-refractivity contribution in [3.8, 4) is 0 Å².